The average Bonchev–Trinajstić information content (AvgIpc) is 3.00. The smallest absolute Gasteiger partial charge is 0.219 e. The third kappa shape index (κ3) is 36.5. The Morgan fingerprint density at radius 2 is 0.651 bits per heavy atom. The zero-order valence-corrected chi connectivity index (χ0v) is 29.0. The van der Waals surface area contributed by atoms with Crippen molar-refractivity contribution in [3.05, 3.63) is 24.3 Å². The zero-order valence-electron chi connectivity index (χ0n) is 29.0. The molecule has 0 atom stereocenters. The third-order valence-corrected chi connectivity index (χ3v) is 8.33. The number of rotatable bonds is 34. The molecule has 0 aromatic rings. The van der Waals surface area contributed by atoms with Gasteiger partial charge < -0.3 is 10.6 Å². The molecule has 0 aliphatic rings. The summed E-state index contributed by atoms with van der Waals surface area (Å²) >= 11 is 0. The summed E-state index contributed by atoms with van der Waals surface area (Å²) < 4.78 is 0. The second kappa shape index (κ2) is 36.6. The van der Waals surface area contributed by atoms with E-state index in [1.165, 1.54) is 141 Å². The van der Waals surface area contributed by atoms with Gasteiger partial charge in [-0.15, -0.1) is 0 Å². The summed E-state index contributed by atoms with van der Waals surface area (Å²) in [7, 11) is 0. The molecular formula is C39H74N2O2. The summed E-state index contributed by atoms with van der Waals surface area (Å²) in [6, 6.07) is 0. The van der Waals surface area contributed by atoms with Crippen LogP contribution in [-0.2, 0) is 9.59 Å². The second-order valence-corrected chi connectivity index (χ2v) is 12.7. The number of carbonyl (C=O) groups excluding carboxylic acids is 2. The summed E-state index contributed by atoms with van der Waals surface area (Å²) in [6.45, 7) is 5.84. The van der Waals surface area contributed by atoms with Gasteiger partial charge in [-0.2, -0.15) is 0 Å². The van der Waals surface area contributed by atoms with E-state index in [1.54, 1.807) is 0 Å². The van der Waals surface area contributed by atoms with Crippen LogP contribution in [0.4, 0.5) is 0 Å². The van der Waals surface area contributed by atoms with E-state index < -0.39 is 0 Å². The van der Waals surface area contributed by atoms with Crippen molar-refractivity contribution < 1.29 is 9.59 Å². The van der Waals surface area contributed by atoms with Crippen molar-refractivity contribution in [2.45, 2.75) is 200 Å². The predicted octanol–water partition coefficient (Wildman–Crippen LogP) is 11.7. The molecule has 0 spiro atoms. The van der Waals surface area contributed by atoms with Crippen LogP contribution < -0.4 is 10.6 Å². The highest BCUT2D eigenvalue weighted by atomic mass is 16.2. The molecule has 0 rings (SSSR count). The van der Waals surface area contributed by atoms with Crippen molar-refractivity contribution in [3.8, 4) is 0 Å². The van der Waals surface area contributed by atoms with Gasteiger partial charge in [0, 0.05) is 25.9 Å². The number of hydrogen-bond acceptors (Lipinski definition) is 2. The molecule has 0 fully saturated rings. The van der Waals surface area contributed by atoms with Gasteiger partial charge in [0.25, 0.3) is 0 Å². The maximum Gasteiger partial charge on any atom is 0.219 e. The molecule has 0 aliphatic carbocycles. The maximum absolute atomic E-state index is 12.0. The second-order valence-electron chi connectivity index (χ2n) is 12.7. The molecule has 0 saturated heterocycles. The lowest BCUT2D eigenvalue weighted by molar-refractivity contribution is -0.121. The van der Waals surface area contributed by atoms with Gasteiger partial charge in [-0.25, -0.2) is 0 Å². The van der Waals surface area contributed by atoms with E-state index >= 15 is 0 Å². The van der Waals surface area contributed by atoms with E-state index in [0.29, 0.717) is 25.9 Å². The van der Waals surface area contributed by atoms with E-state index in [-0.39, 0.29) is 11.8 Å². The summed E-state index contributed by atoms with van der Waals surface area (Å²) in [4.78, 5) is 24.1. The quantitative estimate of drug-likeness (QED) is 0.0568. The average molecular weight is 603 g/mol. The molecule has 4 nitrogen and oxygen atoms in total. The summed E-state index contributed by atoms with van der Waals surface area (Å²) in [5.41, 5.74) is 0. The lowest BCUT2D eigenvalue weighted by Crippen LogP contribution is -2.29. The SMILES string of the molecule is CCCCCCCC/C=C\CCCCCCCC(=O)NCCCNC(=O)CCCCCCC/C=C\CCCCCCCC. The van der Waals surface area contributed by atoms with Gasteiger partial charge in [0.1, 0.15) is 0 Å². The number of amides is 2. The van der Waals surface area contributed by atoms with Gasteiger partial charge in [-0.3, -0.25) is 9.59 Å². The van der Waals surface area contributed by atoms with Gasteiger partial charge in [0.15, 0.2) is 0 Å². The molecule has 0 radical (unpaired) electrons. The molecule has 2 amide bonds. The zero-order chi connectivity index (χ0) is 31.3. The normalized spacial score (nSPS) is 11.6. The van der Waals surface area contributed by atoms with Gasteiger partial charge in [0.05, 0.1) is 0 Å². The molecule has 0 saturated carbocycles. The number of carbonyl (C=O) groups is 2. The molecule has 2 N–H and O–H groups in total. The number of allylic oxidation sites excluding steroid dienone is 4. The van der Waals surface area contributed by atoms with E-state index in [0.717, 1.165) is 32.1 Å². The Labute approximate surface area is 269 Å². The third-order valence-electron chi connectivity index (χ3n) is 8.33. The lowest BCUT2D eigenvalue weighted by Gasteiger charge is -2.07. The van der Waals surface area contributed by atoms with Gasteiger partial charge in [0.2, 0.25) is 11.8 Å². The molecule has 252 valence electrons. The van der Waals surface area contributed by atoms with Gasteiger partial charge in [-0.05, 0) is 70.6 Å². The highest BCUT2D eigenvalue weighted by molar-refractivity contribution is 5.76. The minimum atomic E-state index is 0.150. The molecule has 0 aliphatic heterocycles. The monoisotopic (exact) mass is 603 g/mol. The molecule has 0 aromatic heterocycles. The van der Waals surface area contributed by atoms with Crippen molar-refractivity contribution >= 4 is 11.8 Å². The first-order chi connectivity index (χ1) is 21.2. The van der Waals surface area contributed by atoms with Crippen LogP contribution in [0.15, 0.2) is 24.3 Å². The van der Waals surface area contributed by atoms with Crippen molar-refractivity contribution in [3.63, 3.8) is 0 Å². The van der Waals surface area contributed by atoms with Crippen LogP contribution in [0.1, 0.15) is 200 Å². The molecule has 0 bridgehead atoms. The summed E-state index contributed by atoms with van der Waals surface area (Å²) in [5, 5.41) is 6.00. The minimum Gasteiger partial charge on any atom is -0.356 e. The van der Waals surface area contributed by atoms with Crippen LogP contribution in [0.3, 0.4) is 0 Å². The van der Waals surface area contributed by atoms with E-state index in [4.69, 9.17) is 0 Å². The van der Waals surface area contributed by atoms with Crippen molar-refractivity contribution in [2.75, 3.05) is 13.1 Å². The molecule has 0 unspecified atom stereocenters. The number of hydrogen-bond donors (Lipinski definition) is 2. The molecular weight excluding hydrogens is 528 g/mol. The molecule has 0 heterocycles. The molecule has 0 aromatic carbocycles. The Kier molecular flexibility index (Phi) is 35.3. The standard InChI is InChI=1S/C39H74N2O2/c1-3-5-7-9-11-13-15-17-19-21-23-25-27-29-31-34-38(42)40-36-33-37-41-39(43)35-32-30-28-26-24-22-20-18-16-14-12-10-8-6-4-2/h17-20H,3-16,21-37H2,1-2H3,(H,40,42)(H,41,43)/b19-17-,20-18-. The fourth-order valence-corrected chi connectivity index (χ4v) is 5.43. The Hall–Kier alpha value is -1.58. The van der Waals surface area contributed by atoms with Crippen molar-refractivity contribution in [1.82, 2.24) is 10.6 Å². The maximum atomic E-state index is 12.0. The predicted molar refractivity (Wildman–Crippen MR) is 190 cm³/mol. The fraction of sp³-hybridized carbons (Fsp3) is 0.846. The van der Waals surface area contributed by atoms with E-state index in [9.17, 15) is 9.59 Å². The highest BCUT2D eigenvalue weighted by Gasteiger charge is 2.03. The number of unbranched alkanes of at least 4 members (excludes halogenated alkanes) is 22. The largest absolute Gasteiger partial charge is 0.356 e. The van der Waals surface area contributed by atoms with Crippen LogP contribution in [0.5, 0.6) is 0 Å². The van der Waals surface area contributed by atoms with Crippen LogP contribution >= 0.6 is 0 Å². The first kappa shape index (κ1) is 41.4. The first-order valence-electron chi connectivity index (χ1n) is 19.0. The summed E-state index contributed by atoms with van der Waals surface area (Å²) in [5.74, 6) is 0.300. The minimum absolute atomic E-state index is 0.150. The van der Waals surface area contributed by atoms with Crippen LogP contribution in [0.2, 0.25) is 0 Å². The van der Waals surface area contributed by atoms with Crippen LogP contribution in [-0.4, -0.2) is 24.9 Å². The topological polar surface area (TPSA) is 58.2 Å². The first-order valence-corrected chi connectivity index (χ1v) is 19.0. The van der Waals surface area contributed by atoms with Crippen molar-refractivity contribution in [1.29, 1.82) is 0 Å². The Morgan fingerprint density at radius 3 is 0.977 bits per heavy atom. The van der Waals surface area contributed by atoms with Crippen molar-refractivity contribution in [2.24, 2.45) is 0 Å². The molecule has 43 heavy (non-hydrogen) atoms. The fourth-order valence-electron chi connectivity index (χ4n) is 5.43. The lowest BCUT2D eigenvalue weighted by atomic mass is 10.1. The Morgan fingerprint density at radius 1 is 0.372 bits per heavy atom. The molecule has 4 heteroatoms. The van der Waals surface area contributed by atoms with E-state index in [2.05, 4.69) is 48.8 Å². The van der Waals surface area contributed by atoms with Crippen LogP contribution in [0.25, 0.3) is 0 Å². The number of nitrogens with one attached hydrogen (secondary N) is 2. The Bertz CT molecular complexity index is 589. The Balaban J connectivity index is 3.33. The van der Waals surface area contributed by atoms with Gasteiger partial charge in [-0.1, -0.05) is 141 Å². The highest BCUT2D eigenvalue weighted by Crippen LogP contribution is 2.11. The van der Waals surface area contributed by atoms with Crippen LogP contribution in [0, 0.1) is 0 Å². The summed E-state index contributed by atoms with van der Waals surface area (Å²) in [6.07, 6.45) is 44.6. The van der Waals surface area contributed by atoms with E-state index in [1.807, 2.05) is 0 Å². The van der Waals surface area contributed by atoms with Gasteiger partial charge >= 0.3 is 0 Å².